The van der Waals surface area contributed by atoms with E-state index < -0.39 is 5.60 Å². The Hall–Kier alpha value is -0.860. The van der Waals surface area contributed by atoms with E-state index in [1.54, 1.807) is 13.8 Å². The molecule has 0 aromatic heterocycles. The minimum atomic E-state index is -0.767. The molecular formula is C13H21NO. The van der Waals surface area contributed by atoms with E-state index in [-0.39, 0.29) is 5.54 Å². The molecule has 0 aliphatic heterocycles. The Bertz CT molecular complexity index is 314. The Labute approximate surface area is 92.1 Å². The summed E-state index contributed by atoms with van der Waals surface area (Å²) in [5, 5.41) is 9.79. The van der Waals surface area contributed by atoms with Crippen molar-refractivity contribution in [1.29, 1.82) is 0 Å². The third kappa shape index (κ3) is 4.02. The zero-order chi connectivity index (χ0) is 11.7. The van der Waals surface area contributed by atoms with E-state index in [0.29, 0.717) is 0 Å². The van der Waals surface area contributed by atoms with Crippen LogP contribution in [-0.2, 0) is 12.0 Å². The van der Waals surface area contributed by atoms with Crippen LogP contribution in [-0.4, -0.2) is 10.6 Å². The van der Waals surface area contributed by atoms with Gasteiger partial charge in [-0.3, -0.25) is 0 Å². The van der Waals surface area contributed by atoms with Crippen molar-refractivity contribution >= 4 is 0 Å². The van der Waals surface area contributed by atoms with Gasteiger partial charge in [-0.05, 0) is 45.2 Å². The van der Waals surface area contributed by atoms with Gasteiger partial charge in [-0.1, -0.05) is 24.3 Å². The Morgan fingerprint density at radius 2 is 1.53 bits per heavy atom. The monoisotopic (exact) mass is 207 g/mol. The van der Waals surface area contributed by atoms with Crippen LogP contribution in [0.15, 0.2) is 24.3 Å². The Kier molecular flexibility index (Phi) is 3.22. The van der Waals surface area contributed by atoms with Crippen molar-refractivity contribution in [3.8, 4) is 0 Å². The van der Waals surface area contributed by atoms with Crippen LogP contribution in [0.3, 0.4) is 0 Å². The standard InChI is InChI=1S/C13H21NO/c1-12(2,14)9-10-5-7-11(8-6-10)13(3,4)15/h5-8,15H,9,14H2,1-4H3. The summed E-state index contributed by atoms with van der Waals surface area (Å²) in [6, 6.07) is 7.98. The van der Waals surface area contributed by atoms with E-state index in [9.17, 15) is 5.11 Å². The second-order valence-corrected chi connectivity index (χ2v) is 5.42. The lowest BCUT2D eigenvalue weighted by Crippen LogP contribution is -2.34. The molecule has 0 amide bonds. The van der Waals surface area contributed by atoms with Gasteiger partial charge in [0.15, 0.2) is 0 Å². The molecule has 0 aliphatic carbocycles. The molecule has 0 saturated carbocycles. The van der Waals surface area contributed by atoms with Gasteiger partial charge in [-0.15, -0.1) is 0 Å². The molecule has 0 fully saturated rings. The molecule has 0 unspecified atom stereocenters. The summed E-state index contributed by atoms with van der Waals surface area (Å²) in [7, 11) is 0. The average molecular weight is 207 g/mol. The summed E-state index contributed by atoms with van der Waals surface area (Å²) in [6.45, 7) is 7.59. The number of benzene rings is 1. The average Bonchev–Trinajstić information content (AvgIpc) is 2.00. The molecule has 1 rings (SSSR count). The van der Waals surface area contributed by atoms with E-state index in [1.807, 2.05) is 38.1 Å². The fourth-order valence-electron chi connectivity index (χ4n) is 1.56. The summed E-state index contributed by atoms with van der Waals surface area (Å²) >= 11 is 0. The zero-order valence-electron chi connectivity index (χ0n) is 10.0. The largest absolute Gasteiger partial charge is 0.386 e. The van der Waals surface area contributed by atoms with Crippen LogP contribution in [0, 0.1) is 0 Å². The van der Waals surface area contributed by atoms with Crippen LogP contribution in [0.1, 0.15) is 38.8 Å². The number of aliphatic hydroxyl groups is 1. The van der Waals surface area contributed by atoms with Crippen LogP contribution in [0.25, 0.3) is 0 Å². The number of rotatable bonds is 3. The molecule has 0 aliphatic rings. The smallest absolute Gasteiger partial charge is 0.0840 e. The topological polar surface area (TPSA) is 46.2 Å². The van der Waals surface area contributed by atoms with Gasteiger partial charge in [0.05, 0.1) is 5.60 Å². The Balaban J connectivity index is 2.82. The van der Waals surface area contributed by atoms with Crippen LogP contribution >= 0.6 is 0 Å². The third-order valence-corrected chi connectivity index (χ3v) is 2.32. The fraction of sp³-hybridized carbons (Fsp3) is 0.538. The summed E-state index contributed by atoms with van der Waals surface area (Å²) in [4.78, 5) is 0. The van der Waals surface area contributed by atoms with Gasteiger partial charge < -0.3 is 10.8 Å². The van der Waals surface area contributed by atoms with Gasteiger partial charge >= 0.3 is 0 Å². The maximum absolute atomic E-state index is 9.79. The maximum atomic E-state index is 9.79. The lowest BCUT2D eigenvalue weighted by Gasteiger charge is -2.20. The van der Waals surface area contributed by atoms with Gasteiger partial charge in [0.25, 0.3) is 0 Å². The van der Waals surface area contributed by atoms with E-state index >= 15 is 0 Å². The molecule has 2 nitrogen and oxygen atoms in total. The van der Waals surface area contributed by atoms with Crippen molar-refractivity contribution in [2.45, 2.75) is 45.3 Å². The fourth-order valence-corrected chi connectivity index (χ4v) is 1.56. The Morgan fingerprint density at radius 1 is 1.07 bits per heavy atom. The van der Waals surface area contributed by atoms with E-state index in [4.69, 9.17) is 5.73 Å². The molecule has 0 atom stereocenters. The number of nitrogens with two attached hydrogens (primary N) is 1. The first-order valence-corrected chi connectivity index (χ1v) is 5.29. The summed E-state index contributed by atoms with van der Waals surface area (Å²) in [5.74, 6) is 0. The van der Waals surface area contributed by atoms with Gasteiger partial charge in [0, 0.05) is 5.54 Å². The molecule has 0 bridgehead atoms. The summed E-state index contributed by atoms with van der Waals surface area (Å²) in [5.41, 5.74) is 7.13. The van der Waals surface area contributed by atoms with Gasteiger partial charge in [-0.2, -0.15) is 0 Å². The lowest BCUT2D eigenvalue weighted by atomic mass is 9.92. The van der Waals surface area contributed by atoms with Crippen LogP contribution < -0.4 is 5.73 Å². The van der Waals surface area contributed by atoms with E-state index in [0.717, 1.165) is 12.0 Å². The van der Waals surface area contributed by atoms with Crippen molar-refractivity contribution in [2.75, 3.05) is 0 Å². The molecule has 1 aromatic carbocycles. The highest BCUT2D eigenvalue weighted by Crippen LogP contribution is 2.20. The first kappa shape index (κ1) is 12.2. The molecule has 15 heavy (non-hydrogen) atoms. The highest BCUT2D eigenvalue weighted by atomic mass is 16.3. The molecule has 0 radical (unpaired) electrons. The molecular weight excluding hydrogens is 186 g/mol. The van der Waals surface area contributed by atoms with Crippen LogP contribution in [0.2, 0.25) is 0 Å². The van der Waals surface area contributed by atoms with E-state index in [1.165, 1.54) is 5.56 Å². The van der Waals surface area contributed by atoms with Crippen molar-refractivity contribution in [1.82, 2.24) is 0 Å². The first-order valence-electron chi connectivity index (χ1n) is 5.29. The molecule has 3 N–H and O–H groups in total. The maximum Gasteiger partial charge on any atom is 0.0840 e. The van der Waals surface area contributed by atoms with Crippen molar-refractivity contribution in [2.24, 2.45) is 5.73 Å². The molecule has 0 saturated heterocycles. The molecule has 2 heteroatoms. The molecule has 84 valence electrons. The second kappa shape index (κ2) is 3.95. The Morgan fingerprint density at radius 3 is 1.87 bits per heavy atom. The van der Waals surface area contributed by atoms with Crippen molar-refractivity contribution in [3.63, 3.8) is 0 Å². The summed E-state index contributed by atoms with van der Waals surface area (Å²) in [6.07, 6.45) is 0.846. The summed E-state index contributed by atoms with van der Waals surface area (Å²) < 4.78 is 0. The molecule has 0 spiro atoms. The van der Waals surface area contributed by atoms with Crippen molar-refractivity contribution in [3.05, 3.63) is 35.4 Å². The third-order valence-electron chi connectivity index (χ3n) is 2.32. The van der Waals surface area contributed by atoms with Crippen LogP contribution in [0.5, 0.6) is 0 Å². The van der Waals surface area contributed by atoms with Crippen molar-refractivity contribution < 1.29 is 5.11 Å². The van der Waals surface area contributed by atoms with E-state index in [2.05, 4.69) is 0 Å². The number of hydrogen-bond acceptors (Lipinski definition) is 2. The highest BCUT2D eigenvalue weighted by Gasteiger charge is 2.16. The zero-order valence-corrected chi connectivity index (χ0v) is 10.0. The molecule has 1 aromatic rings. The van der Waals surface area contributed by atoms with Gasteiger partial charge in [0.2, 0.25) is 0 Å². The predicted octanol–water partition coefficient (Wildman–Crippen LogP) is 2.19. The van der Waals surface area contributed by atoms with Gasteiger partial charge in [-0.25, -0.2) is 0 Å². The number of hydrogen-bond donors (Lipinski definition) is 2. The van der Waals surface area contributed by atoms with Gasteiger partial charge in [0.1, 0.15) is 0 Å². The molecule has 0 heterocycles. The second-order valence-electron chi connectivity index (χ2n) is 5.42. The predicted molar refractivity (Wildman–Crippen MR) is 63.7 cm³/mol. The van der Waals surface area contributed by atoms with Crippen LogP contribution in [0.4, 0.5) is 0 Å². The highest BCUT2D eigenvalue weighted by molar-refractivity contribution is 5.27. The quantitative estimate of drug-likeness (QED) is 0.798. The first-order chi connectivity index (χ1) is 6.68. The lowest BCUT2D eigenvalue weighted by molar-refractivity contribution is 0.0786. The minimum absolute atomic E-state index is 0.184. The SMILES string of the molecule is CC(C)(N)Cc1ccc(C(C)(C)O)cc1. The normalized spacial score (nSPS) is 12.9. The minimum Gasteiger partial charge on any atom is -0.386 e.